The summed E-state index contributed by atoms with van der Waals surface area (Å²) in [5.74, 6) is 0.198. The van der Waals surface area contributed by atoms with Crippen LogP contribution in [0.2, 0.25) is 0 Å². The van der Waals surface area contributed by atoms with Gasteiger partial charge in [-0.25, -0.2) is 0 Å². The van der Waals surface area contributed by atoms with Gasteiger partial charge in [0.25, 0.3) is 0 Å². The van der Waals surface area contributed by atoms with Gasteiger partial charge >= 0.3 is 0 Å². The third-order valence-corrected chi connectivity index (χ3v) is 1.96. The molecule has 3 nitrogen and oxygen atoms in total. The molecule has 0 bridgehead atoms. The molecule has 0 saturated carbocycles. The van der Waals surface area contributed by atoms with Crippen molar-refractivity contribution in [2.45, 2.75) is 32.8 Å². The topological polar surface area (TPSA) is 39.2 Å². The Labute approximate surface area is 90.5 Å². The number of rotatable bonds is 6. The first-order chi connectivity index (χ1) is 7.18. The van der Waals surface area contributed by atoms with E-state index in [1.165, 1.54) is 0 Å². The number of hydrogen-bond acceptors (Lipinski definition) is 3. The summed E-state index contributed by atoms with van der Waals surface area (Å²) >= 11 is 0. The van der Waals surface area contributed by atoms with Gasteiger partial charge in [0.1, 0.15) is 5.78 Å². The highest BCUT2D eigenvalue weighted by molar-refractivity contribution is 5.80. The Balaban J connectivity index is 2.25. The minimum atomic E-state index is 0.191. The highest BCUT2D eigenvalue weighted by atomic mass is 16.5. The Morgan fingerprint density at radius 1 is 1.53 bits per heavy atom. The Bertz CT molecular complexity index is 296. The number of nitrogens with zero attached hydrogens (tertiary/aromatic N) is 1. The van der Waals surface area contributed by atoms with Crippen LogP contribution in [0.25, 0.3) is 0 Å². The van der Waals surface area contributed by atoms with Crippen LogP contribution >= 0.6 is 0 Å². The van der Waals surface area contributed by atoms with E-state index in [-0.39, 0.29) is 11.9 Å². The number of carbonyl (C=O) groups excluding carboxylic acids is 1. The highest BCUT2D eigenvalue weighted by Gasteiger charge is 2.04. The Hall–Kier alpha value is -1.22. The van der Waals surface area contributed by atoms with Gasteiger partial charge in [0, 0.05) is 25.2 Å². The number of carbonyl (C=O) groups is 1. The Kier molecular flexibility index (Phi) is 4.98. The second kappa shape index (κ2) is 6.30. The molecule has 82 valence electrons. The van der Waals surface area contributed by atoms with Gasteiger partial charge in [-0.1, -0.05) is 6.07 Å². The SMILES string of the molecule is CC(C)OCCC(=O)Cc1cccnc1. The molecule has 1 aromatic heterocycles. The molecule has 0 aliphatic carbocycles. The van der Waals surface area contributed by atoms with E-state index in [0.29, 0.717) is 19.4 Å². The number of pyridine rings is 1. The molecule has 0 spiro atoms. The van der Waals surface area contributed by atoms with E-state index in [0.717, 1.165) is 5.56 Å². The van der Waals surface area contributed by atoms with Crippen molar-refractivity contribution in [2.75, 3.05) is 6.61 Å². The molecular formula is C12H17NO2. The van der Waals surface area contributed by atoms with Gasteiger partial charge in [-0.2, -0.15) is 0 Å². The molecule has 0 unspecified atom stereocenters. The van der Waals surface area contributed by atoms with E-state index in [9.17, 15) is 4.79 Å². The standard InChI is InChI=1S/C12H17NO2/c1-10(2)15-7-5-12(14)8-11-4-3-6-13-9-11/h3-4,6,9-10H,5,7-8H2,1-2H3. The molecule has 0 radical (unpaired) electrons. The first-order valence-electron chi connectivity index (χ1n) is 5.20. The van der Waals surface area contributed by atoms with Crippen LogP contribution in [0.3, 0.4) is 0 Å². The van der Waals surface area contributed by atoms with Crippen LogP contribution in [0, 0.1) is 0 Å². The van der Waals surface area contributed by atoms with Gasteiger partial charge in [0.15, 0.2) is 0 Å². The van der Waals surface area contributed by atoms with E-state index >= 15 is 0 Å². The molecule has 0 aromatic carbocycles. The van der Waals surface area contributed by atoms with Crippen molar-refractivity contribution in [3.8, 4) is 0 Å². The quantitative estimate of drug-likeness (QED) is 0.716. The Morgan fingerprint density at radius 3 is 2.93 bits per heavy atom. The maximum Gasteiger partial charge on any atom is 0.139 e. The average Bonchev–Trinajstić information content (AvgIpc) is 2.18. The molecule has 0 saturated heterocycles. The van der Waals surface area contributed by atoms with Crippen molar-refractivity contribution >= 4 is 5.78 Å². The van der Waals surface area contributed by atoms with E-state index in [1.807, 2.05) is 26.0 Å². The summed E-state index contributed by atoms with van der Waals surface area (Å²) in [6.07, 6.45) is 4.55. The molecule has 0 N–H and O–H groups in total. The van der Waals surface area contributed by atoms with Gasteiger partial charge < -0.3 is 4.74 Å². The van der Waals surface area contributed by atoms with Gasteiger partial charge in [0.2, 0.25) is 0 Å². The fraction of sp³-hybridized carbons (Fsp3) is 0.500. The number of hydrogen-bond donors (Lipinski definition) is 0. The molecule has 1 heterocycles. The molecule has 15 heavy (non-hydrogen) atoms. The van der Waals surface area contributed by atoms with Crippen LogP contribution in [0.5, 0.6) is 0 Å². The third-order valence-electron chi connectivity index (χ3n) is 1.96. The van der Waals surface area contributed by atoms with Crippen LogP contribution < -0.4 is 0 Å². The number of Topliss-reactive ketones (excluding diaryl/α,β-unsaturated/α-hetero) is 1. The van der Waals surface area contributed by atoms with Crippen molar-refractivity contribution in [2.24, 2.45) is 0 Å². The van der Waals surface area contributed by atoms with Crippen molar-refractivity contribution in [1.82, 2.24) is 4.98 Å². The van der Waals surface area contributed by atoms with E-state index in [4.69, 9.17) is 4.74 Å². The van der Waals surface area contributed by atoms with Gasteiger partial charge in [-0.05, 0) is 25.5 Å². The predicted octanol–water partition coefficient (Wildman–Crippen LogP) is 2.01. The van der Waals surface area contributed by atoms with Crippen LogP contribution in [-0.4, -0.2) is 23.5 Å². The molecule has 0 fully saturated rings. The first-order valence-corrected chi connectivity index (χ1v) is 5.20. The van der Waals surface area contributed by atoms with Gasteiger partial charge in [-0.15, -0.1) is 0 Å². The summed E-state index contributed by atoms with van der Waals surface area (Å²) in [6, 6.07) is 3.75. The maximum absolute atomic E-state index is 11.5. The van der Waals surface area contributed by atoms with E-state index in [1.54, 1.807) is 12.4 Å². The monoisotopic (exact) mass is 207 g/mol. The van der Waals surface area contributed by atoms with Crippen molar-refractivity contribution in [3.05, 3.63) is 30.1 Å². The minimum Gasteiger partial charge on any atom is -0.378 e. The maximum atomic E-state index is 11.5. The van der Waals surface area contributed by atoms with Gasteiger partial charge in [0.05, 0.1) is 12.7 Å². The summed E-state index contributed by atoms with van der Waals surface area (Å²) in [4.78, 5) is 15.4. The zero-order valence-corrected chi connectivity index (χ0v) is 9.27. The molecular weight excluding hydrogens is 190 g/mol. The molecule has 1 aromatic rings. The van der Waals surface area contributed by atoms with Crippen LogP contribution in [0.15, 0.2) is 24.5 Å². The fourth-order valence-corrected chi connectivity index (χ4v) is 1.23. The lowest BCUT2D eigenvalue weighted by molar-refractivity contribution is -0.119. The summed E-state index contributed by atoms with van der Waals surface area (Å²) in [5.41, 5.74) is 0.965. The molecule has 3 heteroatoms. The third kappa shape index (κ3) is 5.27. The fourth-order valence-electron chi connectivity index (χ4n) is 1.23. The largest absolute Gasteiger partial charge is 0.378 e. The average molecular weight is 207 g/mol. The van der Waals surface area contributed by atoms with E-state index in [2.05, 4.69) is 4.98 Å². The zero-order chi connectivity index (χ0) is 11.1. The molecule has 0 amide bonds. The second-order valence-corrected chi connectivity index (χ2v) is 3.75. The molecule has 0 aliphatic heterocycles. The molecule has 1 rings (SSSR count). The van der Waals surface area contributed by atoms with Crippen molar-refractivity contribution in [3.63, 3.8) is 0 Å². The lowest BCUT2D eigenvalue weighted by Gasteiger charge is -2.06. The normalized spacial score (nSPS) is 10.6. The predicted molar refractivity (Wildman–Crippen MR) is 58.7 cm³/mol. The number of ether oxygens (including phenoxy) is 1. The minimum absolute atomic E-state index is 0.191. The molecule has 0 aliphatic rings. The number of ketones is 1. The number of aromatic nitrogens is 1. The van der Waals surface area contributed by atoms with Crippen LogP contribution in [0.4, 0.5) is 0 Å². The van der Waals surface area contributed by atoms with Crippen molar-refractivity contribution in [1.29, 1.82) is 0 Å². The summed E-state index contributed by atoms with van der Waals surface area (Å²) in [6.45, 7) is 4.44. The van der Waals surface area contributed by atoms with Crippen LogP contribution in [0.1, 0.15) is 25.8 Å². The summed E-state index contributed by atoms with van der Waals surface area (Å²) in [7, 11) is 0. The van der Waals surface area contributed by atoms with Gasteiger partial charge in [-0.3, -0.25) is 9.78 Å². The smallest absolute Gasteiger partial charge is 0.139 e. The Morgan fingerprint density at radius 2 is 2.33 bits per heavy atom. The summed E-state index contributed by atoms with van der Waals surface area (Å²) < 4.78 is 5.31. The lowest BCUT2D eigenvalue weighted by Crippen LogP contribution is -2.10. The van der Waals surface area contributed by atoms with Crippen molar-refractivity contribution < 1.29 is 9.53 Å². The first kappa shape index (κ1) is 11.9. The lowest BCUT2D eigenvalue weighted by atomic mass is 10.1. The highest BCUT2D eigenvalue weighted by Crippen LogP contribution is 2.00. The zero-order valence-electron chi connectivity index (χ0n) is 9.27. The van der Waals surface area contributed by atoms with E-state index < -0.39 is 0 Å². The summed E-state index contributed by atoms with van der Waals surface area (Å²) in [5, 5.41) is 0. The van der Waals surface area contributed by atoms with Crippen LogP contribution in [-0.2, 0) is 16.0 Å². The second-order valence-electron chi connectivity index (χ2n) is 3.75. The molecule has 0 atom stereocenters.